The Morgan fingerprint density at radius 1 is 1.14 bits per heavy atom. The molecule has 28 heavy (non-hydrogen) atoms. The van der Waals surface area contributed by atoms with Crippen molar-refractivity contribution >= 4 is 41.2 Å². The standard InChI is InChI=1S/C22H19Cl2NO3/c1-13(15-7-5-4-6-8-15)25-14(2)20(22(27)28-3)18(21(25)26)11-16-9-10-17(23)12-19(16)24/h4-13H,1-3H3/b18-11-/t13-/m1/s1. The summed E-state index contributed by atoms with van der Waals surface area (Å²) in [6, 6.07) is 14.4. The van der Waals surface area contributed by atoms with Crippen LogP contribution < -0.4 is 0 Å². The second-order valence-electron chi connectivity index (χ2n) is 6.44. The van der Waals surface area contributed by atoms with Gasteiger partial charge in [-0.3, -0.25) is 4.79 Å². The first-order valence-corrected chi connectivity index (χ1v) is 9.45. The van der Waals surface area contributed by atoms with Crippen LogP contribution >= 0.6 is 23.2 Å². The van der Waals surface area contributed by atoms with Gasteiger partial charge in [0.05, 0.1) is 24.3 Å². The molecule has 6 heteroatoms. The molecule has 4 nitrogen and oxygen atoms in total. The number of rotatable bonds is 4. The van der Waals surface area contributed by atoms with Gasteiger partial charge in [-0.05, 0) is 43.2 Å². The zero-order chi connectivity index (χ0) is 20.4. The first kappa shape index (κ1) is 20.2. The van der Waals surface area contributed by atoms with E-state index in [1.54, 1.807) is 36.1 Å². The van der Waals surface area contributed by atoms with E-state index >= 15 is 0 Å². The van der Waals surface area contributed by atoms with E-state index in [1.165, 1.54) is 7.11 Å². The van der Waals surface area contributed by atoms with Gasteiger partial charge in [0.25, 0.3) is 5.91 Å². The van der Waals surface area contributed by atoms with Crippen LogP contribution in [0.2, 0.25) is 10.0 Å². The van der Waals surface area contributed by atoms with Gasteiger partial charge in [0.2, 0.25) is 0 Å². The fourth-order valence-electron chi connectivity index (χ4n) is 3.32. The number of esters is 1. The number of amides is 1. The summed E-state index contributed by atoms with van der Waals surface area (Å²) in [6.45, 7) is 3.66. The number of hydrogen-bond donors (Lipinski definition) is 0. The van der Waals surface area contributed by atoms with E-state index in [0.717, 1.165) is 5.56 Å². The summed E-state index contributed by atoms with van der Waals surface area (Å²) >= 11 is 12.2. The summed E-state index contributed by atoms with van der Waals surface area (Å²) in [5.74, 6) is -0.842. The predicted octanol–water partition coefficient (Wildman–Crippen LogP) is 5.43. The van der Waals surface area contributed by atoms with E-state index in [2.05, 4.69) is 0 Å². The smallest absolute Gasteiger partial charge is 0.340 e. The summed E-state index contributed by atoms with van der Waals surface area (Å²) in [5, 5.41) is 0.883. The zero-order valence-corrected chi connectivity index (χ0v) is 17.2. The molecule has 1 amide bonds. The van der Waals surface area contributed by atoms with Crippen molar-refractivity contribution in [2.24, 2.45) is 0 Å². The fourth-order valence-corrected chi connectivity index (χ4v) is 3.78. The molecule has 0 radical (unpaired) electrons. The van der Waals surface area contributed by atoms with Gasteiger partial charge in [0.1, 0.15) is 0 Å². The number of hydrogen-bond acceptors (Lipinski definition) is 3. The maximum absolute atomic E-state index is 13.3. The Bertz CT molecular complexity index is 996. The Labute approximate surface area is 174 Å². The Hall–Kier alpha value is -2.56. The van der Waals surface area contributed by atoms with Crippen LogP contribution in [0.1, 0.15) is 31.0 Å². The third-order valence-electron chi connectivity index (χ3n) is 4.76. The molecule has 0 spiro atoms. The van der Waals surface area contributed by atoms with Crippen molar-refractivity contribution in [1.82, 2.24) is 4.90 Å². The lowest BCUT2D eigenvalue weighted by atomic mass is 10.0. The maximum Gasteiger partial charge on any atom is 0.340 e. The van der Waals surface area contributed by atoms with E-state index in [1.807, 2.05) is 37.3 Å². The second-order valence-corrected chi connectivity index (χ2v) is 7.28. The van der Waals surface area contributed by atoms with Gasteiger partial charge < -0.3 is 9.64 Å². The summed E-state index contributed by atoms with van der Waals surface area (Å²) in [7, 11) is 1.29. The van der Waals surface area contributed by atoms with Crippen LogP contribution in [0.5, 0.6) is 0 Å². The van der Waals surface area contributed by atoms with Crippen molar-refractivity contribution in [3.8, 4) is 0 Å². The highest BCUT2D eigenvalue weighted by Gasteiger charge is 2.39. The fraction of sp³-hybridized carbons (Fsp3) is 0.182. The Balaban J connectivity index is 2.11. The molecule has 2 aromatic rings. The molecule has 0 aromatic heterocycles. The first-order valence-electron chi connectivity index (χ1n) is 8.70. The Kier molecular flexibility index (Phi) is 5.92. The highest BCUT2D eigenvalue weighted by Crippen LogP contribution is 2.38. The molecule has 2 aromatic carbocycles. The minimum atomic E-state index is -0.565. The van der Waals surface area contributed by atoms with Crippen molar-refractivity contribution in [2.75, 3.05) is 7.11 Å². The molecule has 0 N–H and O–H groups in total. The molecule has 1 aliphatic heterocycles. The molecule has 1 aliphatic rings. The van der Waals surface area contributed by atoms with Crippen molar-refractivity contribution in [3.05, 3.63) is 86.5 Å². The topological polar surface area (TPSA) is 46.6 Å². The molecule has 144 valence electrons. The van der Waals surface area contributed by atoms with Crippen LogP contribution in [0.3, 0.4) is 0 Å². The Morgan fingerprint density at radius 3 is 2.43 bits per heavy atom. The number of allylic oxidation sites excluding steroid dienone is 1. The monoisotopic (exact) mass is 415 g/mol. The van der Waals surface area contributed by atoms with E-state index < -0.39 is 5.97 Å². The highest BCUT2D eigenvalue weighted by atomic mass is 35.5. The molecular weight excluding hydrogens is 397 g/mol. The van der Waals surface area contributed by atoms with Gasteiger partial charge in [-0.25, -0.2) is 4.79 Å². The zero-order valence-electron chi connectivity index (χ0n) is 15.7. The average molecular weight is 416 g/mol. The summed E-state index contributed by atoms with van der Waals surface area (Å²) in [4.78, 5) is 27.4. The third kappa shape index (κ3) is 3.71. The minimum Gasteiger partial charge on any atom is -0.465 e. The summed E-state index contributed by atoms with van der Waals surface area (Å²) in [6.07, 6.45) is 1.61. The molecule has 0 aliphatic carbocycles. The van der Waals surface area contributed by atoms with Gasteiger partial charge in [-0.2, -0.15) is 0 Å². The lowest BCUT2D eigenvalue weighted by molar-refractivity contribution is -0.136. The van der Waals surface area contributed by atoms with Crippen molar-refractivity contribution in [1.29, 1.82) is 0 Å². The second kappa shape index (κ2) is 8.21. The SMILES string of the molecule is COC(=O)C1=C(C)N([C@H](C)c2ccccc2)C(=O)/C1=C\c1ccc(Cl)cc1Cl. The van der Waals surface area contributed by atoms with Crippen LogP contribution in [0.25, 0.3) is 6.08 Å². The van der Waals surface area contributed by atoms with E-state index in [0.29, 0.717) is 21.3 Å². The number of benzene rings is 2. The van der Waals surface area contributed by atoms with Gasteiger partial charge in [0.15, 0.2) is 0 Å². The van der Waals surface area contributed by atoms with Gasteiger partial charge in [-0.1, -0.05) is 59.6 Å². The van der Waals surface area contributed by atoms with Crippen LogP contribution in [0.15, 0.2) is 65.4 Å². The van der Waals surface area contributed by atoms with E-state index in [-0.39, 0.29) is 23.1 Å². The summed E-state index contributed by atoms with van der Waals surface area (Å²) in [5.41, 5.74) is 2.59. The number of halogens is 2. The number of carbonyl (C=O) groups is 2. The lowest BCUT2D eigenvalue weighted by Crippen LogP contribution is -2.28. The molecule has 0 fully saturated rings. The third-order valence-corrected chi connectivity index (χ3v) is 5.33. The Morgan fingerprint density at radius 2 is 1.82 bits per heavy atom. The first-order chi connectivity index (χ1) is 13.3. The molecule has 1 heterocycles. The normalized spacial score (nSPS) is 16.7. The largest absolute Gasteiger partial charge is 0.465 e. The van der Waals surface area contributed by atoms with Crippen molar-refractivity contribution in [2.45, 2.75) is 19.9 Å². The van der Waals surface area contributed by atoms with Crippen molar-refractivity contribution < 1.29 is 14.3 Å². The molecule has 0 saturated heterocycles. The molecular formula is C22H19Cl2NO3. The number of methoxy groups -OCH3 is 1. The average Bonchev–Trinajstić information content (AvgIpc) is 2.93. The number of carbonyl (C=O) groups excluding carboxylic acids is 2. The molecule has 0 bridgehead atoms. The van der Waals surface area contributed by atoms with E-state index in [9.17, 15) is 9.59 Å². The van der Waals surface area contributed by atoms with Gasteiger partial charge in [0, 0.05) is 15.7 Å². The molecule has 1 atom stereocenters. The molecule has 0 unspecified atom stereocenters. The van der Waals surface area contributed by atoms with Crippen LogP contribution in [0.4, 0.5) is 0 Å². The lowest BCUT2D eigenvalue weighted by Gasteiger charge is -2.26. The van der Waals surface area contributed by atoms with E-state index in [4.69, 9.17) is 27.9 Å². The van der Waals surface area contributed by atoms with Gasteiger partial charge >= 0.3 is 5.97 Å². The van der Waals surface area contributed by atoms with Crippen LogP contribution in [-0.2, 0) is 14.3 Å². The molecule has 0 saturated carbocycles. The van der Waals surface area contributed by atoms with Gasteiger partial charge in [-0.15, -0.1) is 0 Å². The number of nitrogens with zero attached hydrogens (tertiary/aromatic N) is 1. The minimum absolute atomic E-state index is 0.237. The molecule has 3 rings (SSSR count). The van der Waals surface area contributed by atoms with Crippen molar-refractivity contribution in [3.63, 3.8) is 0 Å². The highest BCUT2D eigenvalue weighted by molar-refractivity contribution is 6.35. The predicted molar refractivity (Wildman–Crippen MR) is 111 cm³/mol. The maximum atomic E-state index is 13.3. The van der Waals surface area contributed by atoms with Crippen LogP contribution in [0, 0.1) is 0 Å². The number of ether oxygens (including phenoxy) is 1. The quantitative estimate of drug-likeness (QED) is 0.494. The van der Waals surface area contributed by atoms with Crippen LogP contribution in [-0.4, -0.2) is 23.9 Å². The summed E-state index contributed by atoms with van der Waals surface area (Å²) < 4.78 is 4.93.